The predicted octanol–water partition coefficient (Wildman–Crippen LogP) is 2.10. The number of carbonyl (C=O) groups is 2. The van der Waals surface area contributed by atoms with Gasteiger partial charge in [-0.1, -0.05) is 13.8 Å². The SMILES string of the molecule is Cc1nn(C)c(C)c1C(C)C(=O)N1CCC(C(=O)O)(C(C)C)C1. The van der Waals surface area contributed by atoms with Crippen molar-refractivity contribution in [3.05, 3.63) is 17.0 Å². The molecule has 0 bridgehead atoms. The molecule has 6 nitrogen and oxygen atoms in total. The molecule has 1 N–H and O–H groups in total. The smallest absolute Gasteiger partial charge is 0.311 e. The molecule has 0 spiro atoms. The maximum absolute atomic E-state index is 12.9. The summed E-state index contributed by atoms with van der Waals surface area (Å²) in [5.74, 6) is -1.12. The minimum absolute atomic E-state index is 0.00466. The zero-order chi connectivity index (χ0) is 17.5. The normalized spacial score (nSPS) is 22.7. The van der Waals surface area contributed by atoms with Crippen LogP contribution in [0.2, 0.25) is 0 Å². The molecule has 1 fully saturated rings. The van der Waals surface area contributed by atoms with Gasteiger partial charge in [0.25, 0.3) is 0 Å². The van der Waals surface area contributed by atoms with Crippen LogP contribution in [-0.4, -0.2) is 44.8 Å². The quantitative estimate of drug-likeness (QED) is 0.921. The lowest BCUT2D eigenvalue weighted by atomic mass is 9.76. The molecule has 128 valence electrons. The Hall–Kier alpha value is -1.85. The molecule has 1 amide bonds. The summed E-state index contributed by atoms with van der Waals surface area (Å²) in [6.45, 7) is 10.4. The third kappa shape index (κ3) is 2.75. The number of aliphatic carboxylic acids is 1. The van der Waals surface area contributed by atoms with Crippen LogP contribution in [0.1, 0.15) is 50.1 Å². The van der Waals surface area contributed by atoms with Crippen molar-refractivity contribution in [2.45, 2.75) is 47.0 Å². The Morgan fingerprint density at radius 3 is 2.26 bits per heavy atom. The Bertz CT molecular complexity index is 635. The summed E-state index contributed by atoms with van der Waals surface area (Å²) in [6, 6.07) is 0. The van der Waals surface area contributed by atoms with Crippen LogP contribution in [0.15, 0.2) is 0 Å². The van der Waals surface area contributed by atoms with Gasteiger partial charge < -0.3 is 10.0 Å². The number of aryl methyl sites for hydroxylation is 2. The third-order valence-corrected chi connectivity index (χ3v) is 5.51. The van der Waals surface area contributed by atoms with E-state index in [2.05, 4.69) is 5.10 Å². The summed E-state index contributed by atoms with van der Waals surface area (Å²) in [5, 5.41) is 14.0. The number of hydrogen-bond acceptors (Lipinski definition) is 3. The van der Waals surface area contributed by atoms with Crippen LogP contribution in [0.3, 0.4) is 0 Å². The Labute approximate surface area is 137 Å². The highest BCUT2D eigenvalue weighted by Gasteiger charge is 2.49. The average molecular weight is 321 g/mol. The van der Waals surface area contributed by atoms with Crippen molar-refractivity contribution >= 4 is 11.9 Å². The summed E-state index contributed by atoms with van der Waals surface area (Å²) in [4.78, 5) is 26.3. The van der Waals surface area contributed by atoms with Crippen LogP contribution < -0.4 is 0 Å². The van der Waals surface area contributed by atoms with Gasteiger partial charge in [0.05, 0.1) is 17.0 Å². The molecule has 1 aliphatic heterocycles. The van der Waals surface area contributed by atoms with Crippen LogP contribution in [0.4, 0.5) is 0 Å². The molecule has 1 aromatic heterocycles. The maximum Gasteiger partial charge on any atom is 0.311 e. The van der Waals surface area contributed by atoms with Gasteiger partial charge in [0, 0.05) is 31.4 Å². The molecule has 1 aromatic rings. The van der Waals surface area contributed by atoms with Gasteiger partial charge in [-0.2, -0.15) is 5.10 Å². The fourth-order valence-corrected chi connectivity index (χ4v) is 3.73. The van der Waals surface area contributed by atoms with Gasteiger partial charge in [0.1, 0.15) is 0 Å². The molecule has 0 saturated carbocycles. The van der Waals surface area contributed by atoms with E-state index in [1.807, 2.05) is 41.7 Å². The minimum Gasteiger partial charge on any atom is -0.481 e. The highest BCUT2D eigenvalue weighted by molar-refractivity contribution is 5.86. The van der Waals surface area contributed by atoms with Gasteiger partial charge in [0.15, 0.2) is 0 Å². The van der Waals surface area contributed by atoms with E-state index in [0.717, 1.165) is 17.0 Å². The lowest BCUT2D eigenvalue weighted by molar-refractivity contribution is -0.151. The topological polar surface area (TPSA) is 75.4 Å². The zero-order valence-electron chi connectivity index (χ0n) is 14.9. The molecule has 1 saturated heterocycles. The minimum atomic E-state index is -0.825. The summed E-state index contributed by atoms with van der Waals surface area (Å²) in [6.07, 6.45) is 0.517. The first-order valence-electron chi connectivity index (χ1n) is 8.14. The molecule has 0 radical (unpaired) electrons. The number of rotatable bonds is 4. The van der Waals surface area contributed by atoms with E-state index in [0.29, 0.717) is 19.5 Å². The highest BCUT2D eigenvalue weighted by Crippen LogP contribution is 2.39. The van der Waals surface area contributed by atoms with Gasteiger partial charge in [-0.05, 0) is 33.1 Å². The number of nitrogens with zero attached hydrogens (tertiary/aromatic N) is 3. The third-order valence-electron chi connectivity index (χ3n) is 5.51. The first-order valence-corrected chi connectivity index (χ1v) is 8.14. The van der Waals surface area contributed by atoms with Crippen LogP contribution in [-0.2, 0) is 16.6 Å². The number of carboxylic acids is 1. The first kappa shape index (κ1) is 17.5. The maximum atomic E-state index is 12.9. The molecular weight excluding hydrogens is 294 g/mol. The summed E-state index contributed by atoms with van der Waals surface area (Å²) in [7, 11) is 1.87. The fraction of sp³-hybridized carbons (Fsp3) is 0.706. The summed E-state index contributed by atoms with van der Waals surface area (Å²) >= 11 is 0. The molecule has 23 heavy (non-hydrogen) atoms. The summed E-state index contributed by atoms with van der Waals surface area (Å²) in [5.41, 5.74) is 1.97. The number of amides is 1. The molecule has 1 aliphatic rings. The standard InChI is InChI=1S/C17H27N3O3/c1-10(2)17(16(22)23)7-8-20(9-17)15(21)11(3)14-12(4)18-19(6)13(14)5/h10-11H,7-9H2,1-6H3,(H,22,23). The zero-order valence-corrected chi connectivity index (χ0v) is 14.9. The van der Waals surface area contributed by atoms with E-state index in [4.69, 9.17) is 0 Å². The van der Waals surface area contributed by atoms with Gasteiger partial charge in [-0.25, -0.2) is 0 Å². The molecule has 2 atom stereocenters. The number of likely N-dealkylation sites (tertiary alicyclic amines) is 1. The molecule has 6 heteroatoms. The number of carboxylic acid groups (broad SMARTS) is 1. The monoisotopic (exact) mass is 321 g/mol. The van der Waals surface area contributed by atoms with E-state index >= 15 is 0 Å². The Balaban J connectivity index is 2.23. The second kappa shape index (κ2) is 5.98. The van der Waals surface area contributed by atoms with Crippen molar-refractivity contribution in [3.8, 4) is 0 Å². The van der Waals surface area contributed by atoms with Crippen LogP contribution >= 0.6 is 0 Å². The molecule has 2 heterocycles. The van der Waals surface area contributed by atoms with E-state index in [1.165, 1.54) is 0 Å². The molecule has 2 unspecified atom stereocenters. The predicted molar refractivity (Wildman–Crippen MR) is 87.2 cm³/mol. The average Bonchev–Trinajstić information content (AvgIpc) is 3.01. The molecule has 0 aromatic carbocycles. The second-order valence-corrected chi connectivity index (χ2v) is 7.06. The Kier molecular flexibility index (Phi) is 4.55. The van der Waals surface area contributed by atoms with Crippen molar-refractivity contribution in [2.24, 2.45) is 18.4 Å². The first-order chi connectivity index (χ1) is 10.6. The van der Waals surface area contributed by atoms with Crippen molar-refractivity contribution in [1.29, 1.82) is 0 Å². The van der Waals surface area contributed by atoms with Gasteiger partial charge >= 0.3 is 5.97 Å². The Morgan fingerprint density at radius 1 is 1.26 bits per heavy atom. The number of aromatic nitrogens is 2. The second-order valence-electron chi connectivity index (χ2n) is 7.06. The summed E-state index contributed by atoms with van der Waals surface area (Å²) < 4.78 is 1.79. The van der Waals surface area contributed by atoms with Gasteiger partial charge in [0.2, 0.25) is 5.91 Å². The van der Waals surface area contributed by atoms with E-state index in [1.54, 1.807) is 9.58 Å². The van der Waals surface area contributed by atoms with Crippen LogP contribution in [0.25, 0.3) is 0 Å². The van der Waals surface area contributed by atoms with Crippen LogP contribution in [0, 0.1) is 25.2 Å². The molecular formula is C17H27N3O3. The van der Waals surface area contributed by atoms with Crippen molar-refractivity contribution in [2.75, 3.05) is 13.1 Å². The molecule has 2 rings (SSSR count). The fourth-order valence-electron chi connectivity index (χ4n) is 3.73. The van der Waals surface area contributed by atoms with Crippen LogP contribution in [0.5, 0.6) is 0 Å². The molecule has 0 aliphatic carbocycles. The highest BCUT2D eigenvalue weighted by atomic mass is 16.4. The number of hydrogen-bond donors (Lipinski definition) is 1. The largest absolute Gasteiger partial charge is 0.481 e. The van der Waals surface area contributed by atoms with E-state index < -0.39 is 11.4 Å². The van der Waals surface area contributed by atoms with Gasteiger partial charge in [-0.3, -0.25) is 14.3 Å². The number of carbonyl (C=O) groups excluding carboxylic acids is 1. The lowest BCUT2D eigenvalue weighted by Crippen LogP contribution is -2.41. The van der Waals surface area contributed by atoms with Gasteiger partial charge in [-0.15, -0.1) is 0 Å². The lowest BCUT2D eigenvalue weighted by Gasteiger charge is -2.29. The van der Waals surface area contributed by atoms with Crippen molar-refractivity contribution in [3.63, 3.8) is 0 Å². The van der Waals surface area contributed by atoms with Crippen molar-refractivity contribution in [1.82, 2.24) is 14.7 Å². The van der Waals surface area contributed by atoms with Crippen molar-refractivity contribution < 1.29 is 14.7 Å². The van der Waals surface area contributed by atoms with E-state index in [9.17, 15) is 14.7 Å². The van der Waals surface area contributed by atoms with E-state index in [-0.39, 0.29) is 17.7 Å². The Morgan fingerprint density at radius 2 is 1.87 bits per heavy atom.